The molecule has 0 spiro atoms. The molecule has 0 aliphatic heterocycles. The number of benzene rings is 1. The van der Waals surface area contributed by atoms with Gasteiger partial charge in [0, 0.05) is 17.9 Å². The lowest BCUT2D eigenvalue weighted by Crippen LogP contribution is -2.03. The van der Waals surface area contributed by atoms with Crippen molar-refractivity contribution in [1.29, 1.82) is 0 Å². The number of nitro groups is 1. The molecule has 2 aromatic rings. The second kappa shape index (κ2) is 6.72. The van der Waals surface area contributed by atoms with Gasteiger partial charge in [0.15, 0.2) is 0 Å². The molecule has 7 heteroatoms. The summed E-state index contributed by atoms with van der Waals surface area (Å²) in [6.07, 6.45) is 0.502. The Hall–Kier alpha value is -2.18. The average Bonchev–Trinajstić information content (AvgIpc) is 2.41. The predicted molar refractivity (Wildman–Crippen MR) is 85.9 cm³/mol. The van der Waals surface area contributed by atoms with Gasteiger partial charge in [0.25, 0.3) is 0 Å². The Kier molecular flexibility index (Phi) is 4.95. The molecule has 2 N–H and O–H groups in total. The average molecular weight is 322 g/mol. The van der Waals surface area contributed by atoms with Gasteiger partial charge in [0.1, 0.15) is 0 Å². The number of rotatable bonds is 5. The largest absolute Gasteiger partial charge is 0.396 e. The first-order valence-electron chi connectivity index (χ1n) is 6.71. The van der Waals surface area contributed by atoms with Crippen LogP contribution in [0.1, 0.15) is 16.8 Å². The van der Waals surface area contributed by atoms with Gasteiger partial charge in [-0.2, -0.15) is 0 Å². The minimum atomic E-state index is -0.460. The third-order valence-electron chi connectivity index (χ3n) is 3.18. The monoisotopic (exact) mass is 321 g/mol. The highest BCUT2D eigenvalue weighted by molar-refractivity contribution is 6.33. The molecule has 0 unspecified atom stereocenters. The number of aliphatic hydroxyl groups is 1. The molecule has 0 aliphatic rings. The molecule has 1 aromatic carbocycles. The fraction of sp³-hybridized carbons (Fsp3) is 0.267. The summed E-state index contributed by atoms with van der Waals surface area (Å²) in [6, 6.07) is 6.90. The normalized spacial score (nSPS) is 10.5. The van der Waals surface area contributed by atoms with Crippen LogP contribution in [0, 0.1) is 24.0 Å². The molecule has 22 heavy (non-hydrogen) atoms. The van der Waals surface area contributed by atoms with E-state index in [4.69, 9.17) is 16.7 Å². The van der Waals surface area contributed by atoms with Crippen LogP contribution >= 0.6 is 11.6 Å². The molecule has 0 atom stereocenters. The lowest BCUT2D eigenvalue weighted by molar-refractivity contribution is -0.384. The maximum Gasteiger partial charge on any atom is 0.314 e. The molecule has 0 amide bonds. The van der Waals surface area contributed by atoms with E-state index in [0.717, 1.165) is 5.56 Å². The van der Waals surface area contributed by atoms with Gasteiger partial charge in [0.2, 0.25) is 5.82 Å². The van der Waals surface area contributed by atoms with Crippen LogP contribution in [0.3, 0.4) is 0 Å². The minimum Gasteiger partial charge on any atom is -0.396 e. The zero-order chi connectivity index (χ0) is 16.3. The smallest absolute Gasteiger partial charge is 0.314 e. The van der Waals surface area contributed by atoms with E-state index in [1.807, 2.05) is 0 Å². The molecular weight excluding hydrogens is 306 g/mol. The summed E-state index contributed by atoms with van der Waals surface area (Å²) in [4.78, 5) is 15.0. The van der Waals surface area contributed by atoms with Crippen LogP contribution in [0.5, 0.6) is 0 Å². The third-order valence-corrected chi connectivity index (χ3v) is 3.49. The number of halogens is 1. The summed E-state index contributed by atoms with van der Waals surface area (Å²) in [6.45, 7) is 3.48. The molecule has 0 fully saturated rings. The van der Waals surface area contributed by atoms with Gasteiger partial charge in [-0.25, -0.2) is 4.98 Å². The topological polar surface area (TPSA) is 88.3 Å². The number of hydrogen-bond acceptors (Lipinski definition) is 5. The Morgan fingerprint density at radius 3 is 2.68 bits per heavy atom. The van der Waals surface area contributed by atoms with E-state index in [2.05, 4.69) is 10.3 Å². The predicted octanol–water partition coefficient (Wildman–Crippen LogP) is 3.54. The summed E-state index contributed by atoms with van der Waals surface area (Å²) < 4.78 is 0. The Labute approximate surface area is 132 Å². The summed E-state index contributed by atoms with van der Waals surface area (Å²) >= 11 is 6.18. The van der Waals surface area contributed by atoms with Gasteiger partial charge in [0.05, 0.1) is 15.6 Å². The van der Waals surface area contributed by atoms with Gasteiger partial charge in [-0.05, 0) is 44.0 Å². The summed E-state index contributed by atoms with van der Waals surface area (Å²) in [5, 5.41) is 23.5. The number of aromatic nitrogens is 1. The zero-order valence-electron chi connectivity index (χ0n) is 12.3. The third kappa shape index (κ3) is 3.52. The van der Waals surface area contributed by atoms with E-state index in [9.17, 15) is 10.1 Å². The van der Waals surface area contributed by atoms with Crippen molar-refractivity contribution < 1.29 is 10.0 Å². The Morgan fingerprint density at radius 2 is 2.09 bits per heavy atom. The SMILES string of the molecule is Cc1cc(C)c([N+](=O)[O-])c(Nc2ccc(CCO)cc2Cl)n1. The van der Waals surface area contributed by atoms with Crippen LogP contribution in [0.2, 0.25) is 5.02 Å². The minimum absolute atomic E-state index is 0.0349. The van der Waals surface area contributed by atoms with E-state index in [-0.39, 0.29) is 18.1 Å². The number of nitrogens with one attached hydrogen (secondary N) is 1. The molecule has 6 nitrogen and oxygen atoms in total. The Bertz CT molecular complexity index is 719. The van der Waals surface area contributed by atoms with Crippen molar-refractivity contribution in [2.75, 3.05) is 11.9 Å². The van der Waals surface area contributed by atoms with Gasteiger partial charge >= 0.3 is 5.69 Å². The van der Waals surface area contributed by atoms with Crippen LogP contribution in [0.15, 0.2) is 24.3 Å². The number of pyridine rings is 1. The maximum atomic E-state index is 11.2. The molecule has 0 bridgehead atoms. The Balaban J connectivity index is 2.41. The number of hydrogen-bond donors (Lipinski definition) is 2. The molecule has 0 saturated heterocycles. The molecule has 116 valence electrons. The van der Waals surface area contributed by atoms with E-state index in [1.165, 1.54) is 0 Å². The lowest BCUT2D eigenvalue weighted by atomic mass is 10.1. The number of aryl methyl sites for hydroxylation is 2. The van der Waals surface area contributed by atoms with Crippen LogP contribution in [0.4, 0.5) is 17.2 Å². The van der Waals surface area contributed by atoms with Crippen molar-refractivity contribution >= 4 is 28.8 Å². The van der Waals surface area contributed by atoms with Gasteiger partial charge in [-0.15, -0.1) is 0 Å². The molecule has 1 heterocycles. The number of anilines is 2. The quantitative estimate of drug-likeness (QED) is 0.649. The van der Waals surface area contributed by atoms with E-state index in [0.29, 0.717) is 28.4 Å². The van der Waals surface area contributed by atoms with Crippen molar-refractivity contribution in [3.63, 3.8) is 0 Å². The number of nitrogens with zero attached hydrogens (tertiary/aromatic N) is 2. The second-order valence-electron chi connectivity index (χ2n) is 4.95. The summed E-state index contributed by atoms with van der Waals surface area (Å²) in [7, 11) is 0. The summed E-state index contributed by atoms with van der Waals surface area (Å²) in [5.74, 6) is 0.166. The van der Waals surface area contributed by atoms with Crippen molar-refractivity contribution in [3.8, 4) is 0 Å². The fourth-order valence-electron chi connectivity index (χ4n) is 2.22. The van der Waals surface area contributed by atoms with Crippen molar-refractivity contribution in [2.24, 2.45) is 0 Å². The van der Waals surface area contributed by atoms with Crippen molar-refractivity contribution in [3.05, 3.63) is 56.2 Å². The lowest BCUT2D eigenvalue weighted by Gasteiger charge is -2.11. The molecule has 2 rings (SSSR count). The first-order chi connectivity index (χ1) is 10.4. The number of aliphatic hydroxyl groups excluding tert-OH is 1. The molecule has 1 aromatic heterocycles. The maximum absolute atomic E-state index is 11.2. The van der Waals surface area contributed by atoms with E-state index >= 15 is 0 Å². The molecule has 0 saturated carbocycles. The van der Waals surface area contributed by atoms with Crippen LogP contribution < -0.4 is 5.32 Å². The highest BCUT2D eigenvalue weighted by atomic mass is 35.5. The van der Waals surface area contributed by atoms with Crippen LogP contribution in [0.25, 0.3) is 0 Å². The Morgan fingerprint density at radius 1 is 1.36 bits per heavy atom. The van der Waals surface area contributed by atoms with Crippen molar-refractivity contribution in [2.45, 2.75) is 20.3 Å². The van der Waals surface area contributed by atoms with Crippen LogP contribution in [-0.4, -0.2) is 21.6 Å². The van der Waals surface area contributed by atoms with Gasteiger partial charge in [-0.3, -0.25) is 10.1 Å². The highest BCUT2D eigenvalue weighted by Gasteiger charge is 2.20. The highest BCUT2D eigenvalue weighted by Crippen LogP contribution is 2.32. The zero-order valence-corrected chi connectivity index (χ0v) is 13.0. The van der Waals surface area contributed by atoms with Crippen molar-refractivity contribution in [1.82, 2.24) is 4.98 Å². The van der Waals surface area contributed by atoms with Gasteiger partial charge < -0.3 is 10.4 Å². The first-order valence-corrected chi connectivity index (χ1v) is 7.09. The first kappa shape index (κ1) is 16.2. The standard InChI is InChI=1S/C15H16ClN3O3/c1-9-7-10(2)17-15(14(9)19(21)22)18-13-4-3-11(5-6-20)8-12(13)16/h3-4,7-8,20H,5-6H2,1-2H3,(H,17,18). The van der Waals surface area contributed by atoms with E-state index < -0.39 is 4.92 Å². The second-order valence-corrected chi connectivity index (χ2v) is 5.35. The fourth-order valence-corrected chi connectivity index (χ4v) is 2.47. The van der Waals surface area contributed by atoms with Crippen LogP contribution in [-0.2, 0) is 6.42 Å². The molecular formula is C15H16ClN3O3. The van der Waals surface area contributed by atoms with E-state index in [1.54, 1.807) is 38.1 Å². The molecule has 0 radical (unpaired) electrons. The van der Waals surface area contributed by atoms with Gasteiger partial charge in [-0.1, -0.05) is 17.7 Å². The summed E-state index contributed by atoms with van der Waals surface area (Å²) in [5.41, 5.74) is 2.57. The molecule has 0 aliphatic carbocycles.